The van der Waals surface area contributed by atoms with Crippen LogP contribution in [0.25, 0.3) is 0 Å². The van der Waals surface area contributed by atoms with Crippen LogP contribution in [-0.2, 0) is 4.79 Å². The van der Waals surface area contributed by atoms with E-state index in [9.17, 15) is 10.0 Å². The van der Waals surface area contributed by atoms with Gasteiger partial charge >= 0.3 is 0 Å². The summed E-state index contributed by atoms with van der Waals surface area (Å²) in [5, 5.41) is 15.6. The third kappa shape index (κ3) is 2.57. The minimum Gasteiger partial charge on any atom is -0.634 e. The molecule has 16 heavy (non-hydrogen) atoms. The molecule has 0 aromatic heterocycles. The summed E-state index contributed by atoms with van der Waals surface area (Å²) in [6, 6.07) is 0. The summed E-state index contributed by atoms with van der Waals surface area (Å²) in [4.78, 5) is 11.2. The summed E-state index contributed by atoms with van der Waals surface area (Å²) < 4.78 is 0. The lowest BCUT2D eigenvalue weighted by Crippen LogP contribution is -3.19. The smallest absolute Gasteiger partial charge is 0.230 e. The minimum absolute atomic E-state index is 0.0204. The Hall–Kier alpha value is -0.130. The summed E-state index contributed by atoms with van der Waals surface area (Å²) in [5.74, 6) is 0.214. The monoisotopic (exact) mass is 292 g/mol. The van der Waals surface area contributed by atoms with Gasteiger partial charge in [-0.2, -0.15) is 0 Å². The average Bonchev–Trinajstić information content (AvgIpc) is 2.35. The third-order valence-electron chi connectivity index (χ3n) is 3.64. The Morgan fingerprint density at radius 3 is 2.44 bits per heavy atom. The lowest BCUT2D eigenvalue weighted by molar-refractivity contribution is -0.934. The van der Waals surface area contributed by atoms with Gasteiger partial charge in [-0.1, -0.05) is 15.9 Å². The number of quaternary nitrogens is 1. The highest BCUT2D eigenvalue weighted by atomic mass is 79.9. The number of hydrogen-bond donors (Lipinski definition) is 2. The lowest BCUT2D eigenvalue weighted by atomic mass is 9.87. The fourth-order valence-corrected chi connectivity index (χ4v) is 2.83. The number of nitrogens with one attached hydrogen (secondary N) is 2. The molecule has 5 heteroatoms. The zero-order chi connectivity index (χ0) is 12.6. The number of rotatable bonds is 3. The molecule has 0 aliphatic carbocycles. The second-order valence-corrected chi connectivity index (χ2v) is 6.33. The summed E-state index contributed by atoms with van der Waals surface area (Å²) in [7, 11) is 0. The van der Waals surface area contributed by atoms with Gasteiger partial charge in [-0.05, 0) is 27.7 Å². The molecule has 1 rings (SSSR count). The number of amides is 1. The van der Waals surface area contributed by atoms with Crippen LogP contribution in [0.15, 0.2) is 0 Å². The first kappa shape index (κ1) is 13.9. The number of carbonyl (C=O) groups is 1. The van der Waals surface area contributed by atoms with E-state index in [0.717, 1.165) is 6.42 Å². The number of alkyl halides is 1. The van der Waals surface area contributed by atoms with Crippen molar-refractivity contribution >= 4 is 21.8 Å². The van der Waals surface area contributed by atoms with Crippen LogP contribution in [0, 0.1) is 11.1 Å². The third-order valence-corrected chi connectivity index (χ3v) is 4.15. The molecule has 94 valence electrons. The van der Waals surface area contributed by atoms with Crippen LogP contribution in [0.2, 0.25) is 0 Å². The Labute approximate surface area is 105 Å². The van der Waals surface area contributed by atoms with Gasteiger partial charge in [0.15, 0.2) is 0 Å². The van der Waals surface area contributed by atoms with Gasteiger partial charge in [0.1, 0.15) is 0 Å². The van der Waals surface area contributed by atoms with Crippen LogP contribution in [-0.4, -0.2) is 28.9 Å². The Bertz CT molecular complexity index is 279. The molecular formula is C11H21BrN2O2. The van der Waals surface area contributed by atoms with Crippen LogP contribution >= 0.6 is 15.9 Å². The van der Waals surface area contributed by atoms with Gasteiger partial charge < -0.3 is 15.6 Å². The van der Waals surface area contributed by atoms with E-state index in [-0.39, 0.29) is 22.9 Å². The molecule has 1 aliphatic heterocycles. The number of hydroxylamine groups is 2. The van der Waals surface area contributed by atoms with E-state index in [4.69, 9.17) is 0 Å². The first-order valence-electron chi connectivity index (χ1n) is 5.59. The predicted molar refractivity (Wildman–Crippen MR) is 67.4 cm³/mol. The molecule has 0 aromatic rings. The average molecular weight is 293 g/mol. The van der Waals surface area contributed by atoms with Crippen molar-refractivity contribution in [3.05, 3.63) is 5.21 Å². The van der Waals surface area contributed by atoms with E-state index < -0.39 is 0 Å². The van der Waals surface area contributed by atoms with E-state index >= 15 is 0 Å². The van der Waals surface area contributed by atoms with E-state index in [2.05, 4.69) is 21.2 Å². The van der Waals surface area contributed by atoms with Gasteiger partial charge in [0.05, 0.1) is 16.4 Å². The van der Waals surface area contributed by atoms with Gasteiger partial charge in [-0.15, -0.1) is 0 Å². The summed E-state index contributed by atoms with van der Waals surface area (Å²) in [6.45, 7) is 8.53. The van der Waals surface area contributed by atoms with Crippen LogP contribution in [0.5, 0.6) is 0 Å². The Morgan fingerprint density at radius 2 is 2.06 bits per heavy atom. The summed E-state index contributed by atoms with van der Waals surface area (Å²) in [6.07, 6.45) is 0.849. The molecule has 1 heterocycles. The molecule has 0 aromatic carbocycles. The Balaban J connectivity index is 2.65. The Kier molecular flexibility index (Phi) is 4.03. The highest BCUT2D eigenvalue weighted by molar-refractivity contribution is 9.09. The van der Waals surface area contributed by atoms with Crippen LogP contribution < -0.4 is 10.4 Å². The summed E-state index contributed by atoms with van der Waals surface area (Å²) >= 11 is 3.11. The number of carbonyl (C=O) groups excluding carboxylic acids is 1. The van der Waals surface area contributed by atoms with Crippen molar-refractivity contribution in [2.24, 2.45) is 5.92 Å². The molecular weight excluding hydrogens is 272 g/mol. The van der Waals surface area contributed by atoms with Gasteiger partial charge in [-0.3, -0.25) is 4.79 Å². The van der Waals surface area contributed by atoms with Crippen molar-refractivity contribution in [1.29, 1.82) is 0 Å². The summed E-state index contributed by atoms with van der Waals surface area (Å²) in [5.41, 5.74) is -0.587. The Morgan fingerprint density at radius 1 is 1.50 bits per heavy atom. The van der Waals surface area contributed by atoms with Crippen molar-refractivity contribution in [3.8, 4) is 0 Å². The topological polar surface area (TPSA) is 56.6 Å². The highest BCUT2D eigenvalue weighted by Gasteiger charge is 2.51. The van der Waals surface area contributed by atoms with Crippen molar-refractivity contribution in [3.63, 3.8) is 0 Å². The highest BCUT2D eigenvalue weighted by Crippen LogP contribution is 2.30. The van der Waals surface area contributed by atoms with Crippen molar-refractivity contribution in [2.75, 3.05) is 11.9 Å². The maximum atomic E-state index is 12.2. The molecule has 1 fully saturated rings. The molecule has 0 bridgehead atoms. The van der Waals surface area contributed by atoms with E-state index in [1.807, 2.05) is 27.7 Å². The minimum atomic E-state index is -0.330. The van der Waals surface area contributed by atoms with Gasteiger partial charge in [-0.25, -0.2) is 0 Å². The first-order valence-corrected chi connectivity index (χ1v) is 6.71. The maximum Gasteiger partial charge on any atom is 0.230 e. The first-order chi connectivity index (χ1) is 7.21. The molecule has 1 aliphatic rings. The van der Waals surface area contributed by atoms with Crippen molar-refractivity contribution in [1.82, 2.24) is 5.32 Å². The zero-order valence-corrected chi connectivity index (χ0v) is 12.0. The van der Waals surface area contributed by atoms with Gasteiger partial charge in [0.2, 0.25) is 5.91 Å². The quantitative estimate of drug-likeness (QED) is 0.586. The molecule has 0 spiro atoms. The van der Waals surface area contributed by atoms with Crippen LogP contribution in [0.1, 0.15) is 34.1 Å². The van der Waals surface area contributed by atoms with Crippen LogP contribution in [0.4, 0.5) is 0 Å². The SMILES string of the molecule is CC1(C)CC(CNC(=O)CBr)C(C)(C)[NH+]1[O-]. The molecule has 0 saturated carbocycles. The molecule has 2 atom stereocenters. The maximum absolute atomic E-state index is 12.2. The fraction of sp³-hybridized carbons (Fsp3) is 0.909. The number of hydrogen-bond acceptors (Lipinski definition) is 2. The molecule has 2 N–H and O–H groups in total. The molecule has 1 saturated heterocycles. The predicted octanol–water partition coefficient (Wildman–Crippen LogP) is 0.457. The molecule has 4 nitrogen and oxygen atoms in total. The van der Waals surface area contributed by atoms with Gasteiger partial charge in [0, 0.05) is 18.9 Å². The molecule has 1 amide bonds. The van der Waals surface area contributed by atoms with Gasteiger partial charge in [0.25, 0.3) is 0 Å². The van der Waals surface area contributed by atoms with E-state index in [0.29, 0.717) is 16.9 Å². The normalized spacial score (nSPS) is 31.4. The second kappa shape index (κ2) is 4.63. The molecule has 0 radical (unpaired) electrons. The fourth-order valence-electron chi connectivity index (χ4n) is 2.63. The molecule has 2 unspecified atom stereocenters. The number of halogens is 1. The zero-order valence-electron chi connectivity index (χ0n) is 10.4. The lowest BCUT2D eigenvalue weighted by Gasteiger charge is -2.41. The van der Waals surface area contributed by atoms with Crippen LogP contribution in [0.3, 0.4) is 0 Å². The largest absolute Gasteiger partial charge is 0.634 e. The van der Waals surface area contributed by atoms with Crippen molar-refractivity contribution in [2.45, 2.75) is 45.2 Å². The van der Waals surface area contributed by atoms with E-state index in [1.54, 1.807) is 0 Å². The van der Waals surface area contributed by atoms with E-state index in [1.165, 1.54) is 0 Å². The standard InChI is InChI=1S/C11H21BrN2O2/c1-10(2)5-8(7-13-9(15)6-12)11(3,4)14(10)16/h8,14H,5-7H2,1-4H3,(H,13,15). The van der Waals surface area contributed by atoms with Crippen molar-refractivity contribution < 1.29 is 9.86 Å². The second-order valence-electron chi connectivity index (χ2n) is 5.77.